The molecule has 1 aromatic carbocycles. The Morgan fingerprint density at radius 2 is 1.51 bits per heavy atom. The zero-order chi connectivity index (χ0) is 47.9. The number of nitrogens with one attached hydrogen (secondary N) is 2. The van der Waals surface area contributed by atoms with Crippen LogP contribution in [0.3, 0.4) is 0 Å². The van der Waals surface area contributed by atoms with Gasteiger partial charge in [0, 0.05) is 88.3 Å². The minimum Gasteiger partial charge on any atom is -0.480 e. The highest BCUT2D eigenvalue weighted by Crippen LogP contribution is 2.41. The van der Waals surface area contributed by atoms with E-state index < -0.39 is 23.8 Å². The minimum atomic E-state index is -0.977. The van der Waals surface area contributed by atoms with Crippen LogP contribution in [0.15, 0.2) is 54.9 Å². The fourth-order valence-electron chi connectivity index (χ4n) is 12.6. The molecule has 17 nitrogen and oxygen atoms in total. The van der Waals surface area contributed by atoms with E-state index in [0.717, 1.165) is 124 Å². The van der Waals surface area contributed by atoms with E-state index in [1.54, 1.807) is 19.2 Å². The Morgan fingerprint density at radius 3 is 2.26 bits per heavy atom. The molecule has 7 aliphatic rings. The first-order valence-corrected chi connectivity index (χ1v) is 24.9. The third kappa shape index (κ3) is 8.05. The number of carbonyl (C=O) groups excluding carboxylic acids is 5. The molecule has 9 heterocycles. The van der Waals surface area contributed by atoms with Crippen molar-refractivity contribution < 1.29 is 28.7 Å². The van der Waals surface area contributed by atoms with Crippen molar-refractivity contribution in [2.75, 3.05) is 72.9 Å². The molecule has 3 aromatic heterocycles. The second-order valence-corrected chi connectivity index (χ2v) is 21.0. The highest BCUT2D eigenvalue weighted by Gasteiger charge is 2.46. The van der Waals surface area contributed by atoms with Gasteiger partial charge in [-0.25, -0.2) is 9.97 Å². The average molecular weight is 938 g/mol. The molecule has 4 saturated heterocycles. The van der Waals surface area contributed by atoms with Crippen LogP contribution in [-0.4, -0.2) is 142 Å². The van der Waals surface area contributed by atoms with Gasteiger partial charge in [-0.05, 0) is 112 Å². The molecule has 2 N–H and O–H groups in total. The SMILES string of the molecule is COc1ncc(N2CCC[C@@H](N3CCn4c(cc5c4CC(C)(C)C5)C3=O)[C@@H]2C)cc1Nc1ccc(N2CCN(C3CCN(c4ccc5c(c4)C(=O)N(C4CCC(=O)NC4=O)C5=O)CC3)C[C@@H]2C)cn1. The molecule has 4 atom stereocenters. The van der Waals surface area contributed by atoms with Crippen LogP contribution in [0.4, 0.5) is 28.6 Å². The van der Waals surface area contributed by atoms with Crippen molar-refractivity contribution in [3.8, 4) is 5.88 Å². The smallest absolute Gasteiger partial charge is 0.270 e. The van der Waals surface area contributed by atoms with Gasteiger partial charge in [0.25, 0.3) is 17.7 Å². The van der Waals surface area contributed by atoms with E-state index in [1.165, 1.54) is 11.3 Å². The number of fused-ring (bicyclic) bond motifs is 4. The van der Waals surface area contributed by atoms with E-state index in [9.17, 15) is 24.0 Å². The topological polar surface area (TPSA) is 169 Å². The number of benzene rings is 1. The summed E-state index contributed by atoms with van der Waals surface area (Å²) in [5.41, 5.74) is 8.10. The minimum absolute atomic E-state index is 0.0913. The van der Waals surface area contributed by atoms with Gasteiger partial charge in [-0.1, -0.05) is 13.8 Å². The summed E-state index contributed by atoms with van der Waals surface area (Å²) in [6, 6.07) is 13.7. The number of imide groups is 2. The number of anilines is 5. The molecule has 17 heteroatoms. The Labute approximate surface area is 403 Å². The molecule has 0 radical (unpaired) electrons. The first kappa shape index (κ1) is 45.0. The molecule has 5 amide bonds. The Kier molecular flexibility index (Phi) is 11.4. The average Bonchev–Trinajstić information content (AvgIpc) is 3.93. The van der Waals surface area contributed by atoms with Crippen molar-refractivity contribution in [3.05, 3.63) is 82.9 Å². The monoisotopic (exact) mass is 937 g/mol. The number of piperidine rings is 3. The molecule has 1 aliphatic carbocycles. The quantitative estimate of drug-likeness (QED) is 0.209. The summed E-state index contributed by atoms with van der Waals surface area (Å²) in [6.07, 6.45) is 10.0. The molecular weight excluding hydrogens is 875 g/mol. The number of methoxy groups -OCH3 is 1. The van der Waals surface area contributed by atoms with Gasteiger partial charge in [-0.3, -0.25) is 39.1 Å². The number of hydrogen-bond donors (Lipinski definition) is 2. The second-order valence-electron chi connectivity index (χ2n) is 21.0. The zero-order valence-corrected chi connectivity index (χ0v) is 40.4. The standard InChI is InChI=1S/C52H63N11O6/c1-31-30-58(34-14-17-57(18-15-34)35-8-10-38-39(24-35)50(67)63(49(38)66)42-11-13-46(64)56-47(42)65)19-20-59(31)36-9-12-45(53-28-36)55-40-25-37(29-54-48(40)69-5)60-16-6-7-41(32(60)2)62-22-21-61-43(51(62)68)23-33-26-52(3,4)27-44(33)61/h8-10,12,23-25,28-29,31-32,34,41-42H,6-7,11,13-22,26-27,30H2,1-5H3,(H,53,55)(H,56,64,65)/t31-,32-,41+,42?/m0/s1. The van der Waals surface area contributed by atoms with Gasteiger partial charge in [0.1, 0.15) is 23.2 Å². The molecule has 4 fully saturated rings. The Balaban J connectivity index is 0.690. The number of aromatic nitrogens is 3. The summed E-state index contributed by atoms with van der Waals surface area (Å²) >= 11 is 0. The lowest BCUT2D eigenvalue weighted by atomic mass is 9.90. The first-order chi connectivity index (χ1) is 33.2. The predicted octanol–water partition coefficient (Wildman–Crippen LogP) is 5.25. The maximum Gasteiger partial charge on any atom is 0.270 e. The predicted molar refractivity (Wildman–Crippen MR) is 262 cm³/mol. The molecule has 0 bridgehead atoms. The summed E-state index contributed by atoms with van der Waals surface area (Å²) in [5.74, 6) is -0.621. The van der Waals surface area contributed by atoms with Crippen molar-refractivity contribution in [2.24, 2.45) is 5.41 Å². The van der Waals surface area contributed by atoms with E-state index in [4.69, 9.17) is 14.7 Å². The van der Waals surface area contributed by atoms with Gasteiger partial charge in [-0.15, -0.1) is 0 Å². The van der Waals surface area contributed by atoms with E-state index in [-0.39, 0.29) is 48.2 Å². The maximum atomic E-state index is 14.1. The van der Waals surface area contributed by atoms with Crippen LogP contribution in [0.1, 0.15) is 109 Å². The Bertz CT molecular complexity index is 2730. The molecule has 11 rings (SSSR count). The van der Waals surface area contributed by atoms with Crippen molar-refractivity contribution in [3.63, 3.8) is 0 Å². The molecule has 1 unspecified atom stereocenters. The number of piperazine rings is 1. The number of nitrogens with zero attached hydrogens (tertiary/aromatic N) is 9. The summed E-state index contributed by atoms with van der Waals surface area (Å²) in [7, 11) is 1.63. The summed E-state index contributed by atoms with van der Waals surface area (Å²) in [6.45, 7) is 16.0. The molecule has 6 aliphatic heterocycles. The fourth-order valence-corrected chi connectivity index (χ4v) is 12.6. The lowest BCUT2D eigenvalue weighted by molar-refractivity contribution is -0.136. The third-order valence-electron chi connectivity index (χ3n) is 16.1. The summed E-state index contributed by atoms with van der Waals surface area (Å²) in [4.78, 5) is 87.5. The number of pyridine rings is 2. The summed E-state index contributed by atoms with van der Waals surface area (Å²) in [5, 5.41) is 5.76. The number of carbonyl (C=O) groups is 5. The molecule has 362 valence electrons. The summed E-state index contributed by atoms with van der Waals surface area (Å²) < 4.78 is 8.03. The van der Waals surface area contributed by atoms with E-state index in [1.807, 2.05) is 24.5 Å². The van der Waals surface area contributed by atoms with Crippen molar-refractivity contribution in [1.29, 1.82) is 0 Å². The van der Waals surface area contributed by atoms with Crippen molar-refractivity contribution >= 4 is 58.1 Å². The van der Waals surface area contributed by atoms with Gasteiger partial charge in [-0.2, -0.15) is 0 Å². The molecule has 69 heavy (non-hydrogen) atoms. The van der Waals surface area contributed by atoms with Crippen LogP contribution < -0.4 is 30.1 Å². The number of rotatable bonds is 9. The Hall–Kier alpha value is -6.49. The lowest BCUT2D eigenvalue weighted by Crippen LogP contribution is -2.58. The van der Waals surface area contributed by atoms with Crippen molar-refractivity contribution in [2.45, 2.75) is 116 Å². The normalized spacial score (nSPS) is 25.2. The van der Waals surface area contributed by atoms with E-state index >= 15 is 0 Å². The largest absolute Gasteiger partial charge is 0.480 e. The fraction of sp³-hybridized carbons (Fsp3) is 0.519. The zero-order valence-electron chi connectivity index (χ0n) is 40.4. The Morgan fingerprint density at radius 1 is 0.739 bits per heavy atom. The van der Waals surface area contributed by atoms with Crippen LogP contribution in [-0.2, 0) is 29.0 Å². The van der Waals surface area contributed by atoms with Crippen LogP contribution in [0.25, 0.3) is 0 Å². The second kappa shape index (κ2) is 17.5. The lowest BCUT2D eigenvalue weighted by Gasteiger charge is -2.47. The van der Waals surface area contributed by atoms with E-state index in [2.05, 4.69) is 85.6 Å². The van der Waals surface area contributed by atoms with Crippen LogP contribution in [0, 0.1) is 5.41 Å². The van der Waals surface area contributed by atoms with Crippen LogP contribution in [0.2, 0.25) is 0 Å². The van der Waals surface area contributed by atoms with Gasteiger partial charge < -0.3 is 34.2 Å². The number of amides is 5. The first-order valence-electron chi connectivity index (χ1n) is 24.9. The molecule has 4 aromatic rings. The number of ether oxygens (including phenoxy) is 1. The maximum absolute atomic E-state index is 14.1. The molecular formula is C52H63N11O6. The van der Waals surface area contributed by atoms with Gasteiger partial charge in [0.15, 0.2) is 0 Å². The van der Waals surface area contributed by atoms with E-state index in [0.29, 0.717) is 28.9 Å². The third-order valence-corrected chi connectivity index (χ3v) is 16.1. The van der Waals surface area contributed by atoms with Gasteiger partial charge in [0.2, 0.25) is 17.7 Å². The van der Waals surface area contributed by atoms with Gasteiger partial charge in [0.05, 0.1) is 48.0 Å². The number of hydrogen-bond acceptors (Lipinski definition) is 13. The molecule has 0 saturated carbocycles. The van der Waals surface area contributed by atoms with Crippen molar-refractivity contribution in [1.82, 2.24) is 34.6 Å². The highest BCUT2D eigenvalue weighted by atomic mass is 16.5. The van der Waals surface area contributed by atoms with Gasteiger partial charge >= 0.3 is 0 Å². The van der Waals surface area contributed by atoms with Crippen LogP contribution >= 0.6 is 0 Å². The van der Waals surface area contributed by atoms with Crippen LogP contribution in [0.5, 0.6) is 5.88 Å². The molecule has 0 spiro atoms. The highest BCUT2D eigenvalue weighted by molar-refractivity contribution is 6.23.